The standard InChI is InChI=1S/C16H25NO2/c1-11-9-12(2)17(10-11)13(3)16(18)14-5-7-15(19-4)8-6-14/h5-8,11-13,16,18H,9-10H2,1-4H3. The van der Waals surface area contributed by atoms with Crippen molar-refractivity contribution in [3.05, 3.63) is 29.8 Å². The van der Waals surface area contributed by atoms with E-state index in [0.717, 1.165) is 23.8 Å². The maximum absolute atomic E-state index is 10.5. The first-order valence-electron chi connectivity index (χ1n) is 7.10. The molecule has 4 unspecified atom stereocenters. The summed E-state index contributed by atoms with van der Waals surface area (Å²) in [5.41, 5.74) is 0.958. The number of ether oxygens (including phenoxy) is 1. The first-order valence-corrected chi connectivity index (χ1v) is 7.10. The van der Waals surface area contributed by atoms with Gasteiger partial charge in [0.15, 0.2) is 0 Å². The van der Waals surface area contributed by atoms with Crippen LogP contribution >= 0.6 is 0 Å². The lowest BCUT2D eigenvalue weighted by Crippen LogP contribution is -2.39. The van der Waals surface area contributed by atoms with Gasteiger partial charge >= 0.3 is 0 Å². The van der Waals surface area contributed by atoms with Crippen LogP contribution in [0, 0.1) is 5.92 Å². The fourth-order valence-corrected chi connectivity index (χ4v) is 3.16. The molecular weight excluding hydrogens is 238 g/mol. The second-order valence-electron chi connectivity index (χ2n) is 5.85. The Bertz CT molecular complexity index is 404. The van der Waals surface area contributed by atoms with Gasteiger partial charge in [-0.3, -0.25) is 4.90 Å². The topological polar surface area (TPSA) is 32.7 Å². The van der Waals surface area contributed by atoms with Crippen LogP contribution in [0.4, 0.5) is 0 Å². The Kier molecular flexibility index (Phi) is 4.48. The summed E-state index contributed by atoms with van der Waals surface area (Å²) in [7, 11) is 1.65. The lowest BCUT2D eigenvalue weighted by atomic mass is 10.0. The molecule has 3 heteroatoms. The van der Waals surface area contributed by atoms with Crippen molar-refractivity contribution in [3.63, 3.8) is 0 Å². The Morgan fingerprint density at radius 1 is 1.26 bits per heavy atom. The molecule has 4 atom stereocenters. The maximum Gasteiger partial charge on any atom is 0.118 e. The molecule has 1 heterocycles. The molecule has 0 aliphatic carbocycles. The summed E-state index contributed by atoms with van der Waals surface area (Å²) in [5.74, 6) is 1.55. The molecule has 3 nitrogen and oxygen atoms in total. The first-order chi connectivity index (χ1) is 9.02. The molecule has 1 fully saturated rings. The van der Waals surface area contributed by atoms with Gasteiger partial charge in [0.05, 0.1) is 13.2 Å². The van der Waals surface area contributed by atoms with Crippen molar-refractivity contribution in [2.75, 3.05) is 13.7 Å². The van der Waals surface area contributed by atoms with Crippen LogP contribution in [-0.4, -0.2) is 35.7 Å². The van der Waals surface area contributed by atoms with Gasteiger partial charge in [0.25, 0.3) is 0 Å². The third-order valence-electron chi connectivity index (χ3n) is 4.27. The number of aliphatic hydroxyl groups excluding tert-OH is 1. The number of benzene rings is 1. The van der Waals surface area contributed by atoms with E-state index in [9.17, 15) is 5.11 Å². The van der Waals surface area contributed by atoms with E-state index < -0.39 is 6.10 Å². The van der Waals surface area contributed by atoms with Crippen molar-refractivity contribution in [2.45, 2.75) is 45.4 Å². The average Bonchev–Trinajstić information content (AvgIpc) is 2.76. The predicted octanol–water partition coefficient (Wildman–Crippen LogP) is 2.85. The average molecular weight is 263 g/mol. The highest BCUT2D eigenvalue weighted by molar-refractivity contribution is 5.29. The largest absolute Gasteiger partial charge is 0.497 e. The van der Waals surface area contributed by atoms with Crippen LogP contribution in [0.15, 0.2) is 24.3 Å². The monoisotopic (exact) mass is 263 g/mol. The molecule has 0 spiro atoms. The molecule has 0 saturated carbocycles. The number of hydrogen-bond acceptors (Lipinski definition) is 3. The van der Waals surface area contributed by atoms with Gasteiger partial charge < -0.3 is 9.84 Å². The van der Waals surface area contributed by atoms with Gasteiger partial charge in [0.2, 0.25) is 0 Å². The van der Waals surface area contributed by atoms with Gasteiger partial charge in [-0.05, 0) is 43.9 Å². The summed E-state index contributed by atoms with van der Waals surface area (Å²) in [4.78, 5) is 2.42. The SMILES string of the molecule is COc1ccc(C(O)C(C)N2CC(C)CC2C)cc1. The van der Waals surface area contributed by atoms with Crippen LogP contribution in [-0.2, 0) is 0 Å². The third-order valence-corrected chi connectivity index (χ3v) is 4.27. The van der Waals surface area contributed by atoms with Gasteiger partial charge in [0.1, 0.15) is 5.75 Å². The first kappa shape index (κ1) is 14.4. The summed E-state index contributed by atoms with van der Waals surface area (Å²) in [5, 5.41) is 10.5. The van der Waals surface area contributed by atoms with Crippen molar-refractivity contribution < 1.29 is 9.84 Å². The third kappa shape index (κ3) is 3.10. The molecule has 106 valence electrons. The number of rotatable bonds is 4. The molecule has 1 aromatic carbocycles. The van der Waals surface area contributed by atoms with Crippen molar-refractivity contribution >= 4 is 0 Å². The summed E-state index contributed by atoms with van der Waals surface area (Å²) >= 11 is 0. The highest BCUT2D eigenvalue weighted by Crippen LogP contribution is 2.30. The zero-order valence-electron chi connectivity index (χ0n) is 12.3. The Hall–Kier alpha value is -1.06. The zero-order valence-corrected chi connectivity index (χ0v) is 12.3. The Morgan fingerprint density at radius 2 is 1.89 bits per heavy atom. The Morgan fingerprint density at radius 3 is 2.37 bits per heavy atom. The lowest BCUT2D eigenvalue weighted by molar-refractivity contribution is 0.0530. The van der Waals surface area contributed by atoms with E-state index in [1.165, 1.54) is 6.42 Å². The van der Waals surface area contributed by atoms with Crippen LogP contribution < -0.4 is 4.74 Å². The summed E-state index contributed by atoms with van der Waals surface area (Å²) in [6, 6.07) is 8.41. The van der Waals surface area contributed by atoms with E-state index in [1.807, 2.05) is 24.3 Å². The normalized spacial score (nSPS) is 27.2. The summed E-state index contributed by atoms with van der Waals surface area (Å²) in [6.45, 7) is 7.72. The molecule has 0 bridgehead atoms. The Labute approximate surface area is 116 Å². The number of likely N-dealkylation sites (tertiary alicyclic amines) is 1. The minimum atomic E-state index is -0.446. The van der Waals surface area contributed by atoms with E-state index in [2.05, 4.69) is 25.7 Å². The summed E-state index contributed by atoms with van der Waals surface area (Å²) < 4.78 is 5.15. The van der Waals surface area contributed by atoms with Crippen LogP contribution in [0.2, 0.25) is 0 Å². The van der Waals surface area contributed by atoms with E-state index in [4.69, 9.17) is 4.74 Å². The van der Waals surface area contributed by atoms with Crippen molar-refractivity contribution in [3.8, 4) is 5.75 Å². The van der Waals surface area contributed by atoms with Gasteiger partial charge in [-0.15, -0.1) is 0 Å². The number of nitrogens with zero attached hydrogens (tertiary/aromatic N) is 1. The molecule has 1 aliphatic rings. The van der Waals surface area contributed by atoms with Gasteiger partial charge in [0, 0.05) is 18.6 Å². The van der Waals surface area contributed by atoms with E-state index in [-0.39, 0.29) is 6.04 Å². The second kappa shape index (κ2) is 5.93. The van der Waals surface area contributed by atoms with Crippen LogP contribution in [0.3, 0.4) is 0 Å². The van der Waals surface area contributed by atoms with E-state index >= 15 is 0 Å². The minimum Gasteiger partial charge on any atom is -0.497 e. The minimum absolute atomic E-state index is 0.147. The highest BCUT2D eigenvalue weighted by Gasteiger charge is 2.33. The molecule has 2 rings (SSSR count). The fourth-order valence-electron chi connectivity index (χ4n) is 3.16. The second-order valence-corrected chi connectivity index (χ2v) is 5.85. The zero-order chi connectivity index (χ0) is 14.0. The number of aliphatic hydroxyl groups is 1. The molecule has 1 aromatic rings. The van der Waals surface area contributed by atoms with Gasteiger partial charge in [-0.25, -0.2) is 0 Å². The fraction of sp³-hybridized carbons (Fsp3) is 0.625. The van der Waals surface area contributed by atoms with Crippen molar-refractivity contribution in [1.29, 1.82) is 0 Å². The quantitative estimate of drug-likeness (QED) is 0.906. The molecule has 19 heavy (non-hydrogen) atoms. The van der Waals surface area contributed by atoms with E-state index in [1.54, 1.807) is 7.11 Å². The number of methoxy groups -OCH3 is 1. The van der Waals surface area contributed by atoms with Crippen LogP contribution in [0.5, 0.6) is 5.75 Å². The maximum atomic E-state index is 10.5. The molecule has 1 aliphatic heterocycles. The highest BCUT2D eigenvalue weighted by atomic mass is 16.5. The molecule has 1 N–H and O–H groups in total. The molecule has 1 saturated heterocycles. The van der Waals surface area contributed by atoms with Crippen LogP contribution in [0.1, 0.15) is 38.9 Å². The molecule has 0 amide bonds. The molecular formula is C16H25NO2. The number of hydrogen-bond donors (Lipinski definition) is 1. The van der Waals surface area contributed by atoms with Crippen molar-refractivity contribution in [2.24, 2.45) is 5.92 Å². The Balaban J connectivity index is 2.07. The predicted molar refractivity (Wildman–Crippen MR) is 77.4 cm³/mol. The smallest absolute Gasteiger partial charge is 0.118 e. The van der Waals surface area contributed by atoms with E-state index in [0.29, 0.717) is 6.04 Å². The van der Waals surface area contributed by atoms with Crippen LogP contribution in [0.25, 0.3) is 0 Å². The molecule has 0 radical (unpaired) electrons. The van der Waals surface area contributed by atoms with Gasteiger partial charge in [-0.2, -0.15) is 0 Å². The lowest BCUT2D eigenvalue weighted by Gasteiger charge is -2.32. The summed E-state index contributed by atoms with van der Waals surface area (Å²) in [6.07, 6.45) is 0.776. The molecule has 0 aromatic heterocycles. The van der Waals surface area contributed by atoms with Gasteiger partial charge in [-0.1, -0.05) is 19.1 Å². The van der Waals surface area contributed by atoms with Crippen molar-refractivity contribution in [1.82, 2.24) is 4.90 Å².